The summed E-state index contributed by atoms with van der Waals surface area (Å²) < 4.78 is 34.7. The van der Waals surface area contributed by atoms with Crippen molar-refractivity contribution in [2.24, 2.45) is 0 Å². The Bertz CT molecular complexity index is 2290. The van der Waals surface area contributed by atoms with Crippen LogP contribution in [0.1, 0.15) is 35.1 Å². The van der Waals surface area contributed by atoms with E-state index in [0.29, 0.717) is 26.1 Å². The molecule has 0 bridgehead atoms. The standard InChI is InChI=1S/C49H42O8/c1-3-44(50)54-29-9-27-52-40-23-17-34(18-24-40)15-21-38-31-36-11-5-7-13-42(36)46-47-43-14-8-6-12-37(43)32-39(49(47)57-33-56-48(38)46)22-16-35-19-25-41(26-20-35)53-28-10-30-55-45(51)4-2/h3-8,11-26,31-32H,1-2,9-10,27-30,33H2/b21-15+,22-16+. The van der Waals surface area contributed by atoms with E-state index in [1.807, 2.05) is 60.7 Å². The van der Waals surface area contributed by atoms with Crippen molar-refractivity contribution >= 4 is 57.8 Å². The molecular weight excluding hydrogens is 717 g/mol. The Morgan fingerprint density at radius 3 is 1.39 bits per heavy atom. The van der Waals surface area contributed by atoms with Gasteiger partial charge in [0, 0.05) is 47.2 Å². The molecule has 0 aliphatic carbocycles. The van der Waals surface area contributed by atoms with Crippen LogP contribution < -0.4 is 18.9 Å². The number of carbonyl (C=O) groups is 2. The zero-order valence-corrected chi connectivity index (χ0v) is 31.5. The van der Waals surface area contributed by atoms with Crippen molar-refractivity contribution in [3.63, 3.8) is 0 Å². The average Bonchev–Trinajstić information content (AvgIpc) is 3.46. The van der Waals surface area contributed by atoms with Crippen molar-refractivity contribution < 1.29 is 38.0 Å². The van der Waals surface area contributed by atoms with Crippen LogP contribution in [0.5, 0.6) is 23.0 Å². The maximum atomic E-state index is 11.2. The molecule has 0 fully saturated rings. The van der Waals surface area contributed by atoms with Gasteiger partial charge in [-0.3, -0.25) is 0 Å². The Morgan fingerprint density at radius 1 is 0.544 bits per heavy atom. The summed E-state index contributed by atoms with van der Waals surface area (Å²) in [6.07, 6.45) is 11.8. The molecule has 57 heavy (non-hydrogen) atoms. The second-order valence-corrected chi connectivity index (χ2v) is 13.1. The number of esters is 2. The molecule has 0 amide bonds. The van der Waals surface area contributed by atoms with Crippen molar-refractivity contribution in [1.29, 1.82) is 0 Å². The van der Waals surface area contributed by atoms with E-state index in [0.717, 1.165) is 90.1 Å². The SMILES string of the molecule is C=CC(=O)OCCCOc1ccc(/C=C/c2cc3ccccc3c3c2OCOc2c(/C=C/c4ccc(OCCCOC(=O)C=C)cc4)cc4ccccc4c2-3)cc1. The minimum atomic E-state index is -0.436. The van der Waals surface area contributed by atoms with Gasteiger partial charge in [-0.1, -0.05) is 110 Å². The minimum absolute atomic E-state index is 0.0377. The fourth-order valence-corrected chi connectivity index (χ4v) is 6.59. The fourth-order valence-electron chi connectivity index (χ4n) is 6.59. The molecule has 8 heteroatoms. The highest BCUT2D eigenvalue weighted by Gasteiger charge is 2.26. The quantitative estimate of drug-likeness (QED) is 0.0417. The topological polar surface area (TPSA) is 89.5 Å². The molecule has 6 aromatic carbocycles. The summed E-state index contributed by atoms with van der Waals surface area (Å²) >= 11 is 0. The van der Waals surface area contributed by atoms with Crippen LogP contribution in [-0.4, -0.2) is 45.2 Å². The van der Waals surface area contributed by atoms with Gasteiger partial charge < -0.3 is 28.4 Å². The number of hydrogen-bond donors (Lipinski definition) is 0. The van der Waals surface area contributed by atoms with Crippen molar-refractivity contribution in [3.05, 3.63) is 157 Å². The van der Waals surface area contributed by atoms with Crippen LogP contribution in [0.15, 0.2) is 135 Å². The van der Waals surface area contributed by atoms with Crippen LogP contribution in [0.4, 0.5) is 0 Å². The first kappa shape index (κ1) is 38.2. The van der Waals surface area contributed by atoms with Gasteiger partial charge in [0.25, 0.3) is 0 Å². The highest BCUT2D eigenvalue weighted by atomic mass is 16.7. The van der Waals surface area contributed by atoms with E-state index in [2.05, 4.69) is 86.0 Å². The molecule has 0 atom stereocenters. The van der Waals surface area contributed by atoms with Gasteiger partial charge in [0.1, 0.15) is 23.0 Å². The molecule has 0 N–H and O–H groups in total. The van der Waals surface area contributed by atoms with Gasteiger partial charge in [-0.25, -0.2) is 9.59 Å². The smallest absolute Gasteiger partial charge is 0.330 e. The Kier molecular flexibility index (Phi) is 12.4. The molecule has 1 heterocycles. The Hall–Kier alpha value is -7.06. The third kappa shape index (κ3) is 9.43. The molecule has 0 saturated heterocycles. The summed E-state index contributed by atoms with van der Waals surface area (Å²) in [7, 11) is 0. The molecule has 7 rings (SSSR count). The molecule has 0 unspecified atom stereocenters. The molecule has 0 saturated carbocycles. The van der Waals surface area contributed by atoms with Gasteiger partial charge in [-0.2, -0.15) is 0 Å². The number of carbonyl (C=O) groups excluding carboxylic acids is 2. The van der Waals surface area contributed by atoms with Gasteiger partial charge >= 0.3 is 11.9 Å². The van der Waals surface area contributed by atoms with Crippen LogP contribution in [0.25, 0.3) is 57.0 Å². The lowest BCUT2D eigenvalue weighted by atomic mass is 9.88. The molecule has 1 aliphatic rings. The number of hydrogen-bond acceptors (Lipinski definition) is 8. The lowest BCUT2D eigenvalue weighted by Gasteiger charge is -2.17. The summed E-state index contributed by atoms with van der Waals surface area (Å²) in [5, 5.41) is 4.30. The number of rotatable bonds is 16. The second-order valence-electron chi connectivity index (χ2n) is 13.1. The zero-order chi connectivity index (χ0) is 39.4. The Balaban J connectivity index is 1.16. The van der Waals surface area contributed by atoms with Crippen molar-refractivity contribution in [1.82, 2.24) is 0 Å². The first-order valence-corrected chi connectivity index (χ1v) is 18.8. The summed E-state index contributed by atoms with van der Waals surface area (Å²) in [6, 6.07) is 36.7. The van der Waals surface area contributed by atoms with Gasteiger partial charge in [-0.15, -0.1) is 0 Å². The van der Waals surface area contributed by atoms with E-state index < -0.39 is 11.9 Å². The van der Waals surface area contributed by atoms with Crippen molar-refractivity contribution in [2.45, 2.75) is 12.8 Å². The summed E-state index contributed by atoms with van der Waals surface area (Å²) in [4.78, 5) is 22.5. The monoisotopic (exact) mass is 758 g/mol. The van der Waals surface area contributed by atoms with Crippen molar-refractivity contribution in [2.75, 3.05) is 33.2 Å². The van der Waals surface area contributed by atoms with Crippen LogP contribution in [0.3, 0.4) is 0 Å². The maximum absolute atomic E-state index is 11.2. The van der Waals surface area contributed by atoms with E-state index in [1.54, 1.807) is 0 Å². The zero-order valence-electron chi connectivity index (χ0n) is 31.5. The molecule has 6 aromatic rings. The molecule has 8 nitrogen and oxygen atoms in total. The fraction of sp³-hybridized carbons (Fsp3) is 0.143. The van der Waals surface area contributed by atoms with E-state index >= 15 is 0 Å². The second kappa shape index (κ2) is 18.5. The number of fused-ring (bicyclic) bond motifs is 7. The summed E-state index contributed by atoms with van der Waals surface area (Å²) in [6.45, 7) is 8.26. The van der Waals surface area contributed by atoms with Gasteiger partial charge in [0.15, 0.2) is 0 Å². The Morgan fingerprint density at radius 2 is 0.965 bits per heavy atom. The summed E-state index contributed by atoms with van der Waals surface area (Å²) in [5.41, 5.74) is 5.82. The van der Waals surface area contributed by atoms with Gasteiger partial charge in [-0.05, 0) is 69.1 Å². The summed E-state index contributed by atoms with van der Waals surface area (Å²) in [5.74, 6) is 2.10. The van der Waals surface area contributed by atoms with Gasteiger partial charge in [0.05, 0.1) is 26.4 Å². The maximum Gasteiger partial charge on any atom is 0.330 e. The van der Waals surface area contributed by atoms with E-state index in [9.17, 15) is 9.59 Å². The predicted molar refractivity (Wildman–Crippen MR) is 226 cm³/mol. The van der Waals surface area contributed by atoms with Gasteiger partial charge in [0.2, 0.25) is 6.79 Å². The normalized spacial score (nSPS) is 11.9. The average molecular weight is 759 g/mol. The van der Waals surface area contributed by atoms with Crippen LogP contribution >= 0.6 is 0 Å². The van der Waals surface area contributed by atoms with Crippen LogP contribution in [-0.2, 0) is 19.1 Å². The molecule has 1 aliphatic heterocycles. The molecule has 0 spiro atoms. The first-order valence-electron chi connectivity index (χ1n) is 18.8. The van der Waals surface area contributed by atoms with Crippen molar-refractivity contribution in [3.8, 4) is 34.1 Å². The van der Waals surface area contributed by atoms with E-state index in [4.69, 9.17) is 28.4 Å². The largest absolute Gasteiger partial charge is 0.493 e. The number of ether oxygens (including phenoxy) is 6. The minimum Gasteiger partial charge on any atom is -0.493 e. The highest BCUT2D eigenvalue weighted by Crippen LogP contribution is 2.50. The highest BCUT2D eigenvalue weighted by molar-refractivity contribution is 6.12. The van der Waals surface area contributed by atoms with E-state index in [1.165, 1.54) is 0 Å². The van der Waals surface area contributed by atoms with E-state index in [-0.39, 0.29) is 20.0 Å². The lowest BCUT2D eigenvalue weighted by molar-refractivity contribution is -0.138. The lowest BCUT2D eigenvalue weighted by Crippen LogP contribution is -2.06. The first-order chi connectivity index (χ1) is 28.0. The Labute approximate surface area is 331 Å². The number of benzene rings is 6. The molecular formula is C49H42O8. The third-order valence-corrected chi connectivity index (χ3v) is 9.32. The molecule has 0 radical (unpaired) electrons. The third-order valence-electron chi connectivity index (χ3n) is 9.32. The molecule has 0 aromatic heterocycles. The predicted octanol–water partition coefficient (Wildman–Crippen LogP) is 10.7. The van der Waals surface area contributed by atoms with Crippen LogP contribution in [0, 0.1) is 0 Å². The molecule has 286 valence electrons. The van der Waals surface area contributed by atoms with Crippen LogP contribution in [0.2, 0.25) is 0 Å².